The van der Waals surface area contributed by atoms with Crippen molar-refractivity contribution in [3.8, 4) is 5.69 Å². The summed E-state index contributed by atoms with van der Waals surface area (Å²) >= 11 is 0. The smallest absolute Gasteiger partial charge is 0.129 e. The average molecular weight is 217 g/mol. The van der Waals surface area contributed by atoms with Crippen molar-refractivity contribution in [2.24, 2.45) is 0 Å². The molecule has 2 N–H and O–H groups in total. The van der Waals surface area contributed by atoms with E-state index < -0.39 is 0 Å². The van der Waals surface area contributed by atoms with Crippen molar-refractivity contribution in [3.63, 3.8) is 0 Å². The molecule has 0 aliphatic carbocycles. The molecule has 0 spiro atoms. The Morgan fingerprint density at radius 1 is 1.31 bits per heavy atom. The van der Waals surface area contributed by atoms with E-state index in [4.69, 9.17) is 0 Å². The second kappa shape index (κ2) is 4.81. The highest BCUT2D eigenvalue weighted by atomic mass is 16.3. The number of benzene rings is 1. The lowest BCUT2D eigenvalue weighted by Crippen LogP contribution is -2.17. The lowest BCUT2D eigenvalue weighted by molar-refractivity contribution is 0.208. The van der Waals surface area contributed by atoms with E-state index >= 15 is 0 Å². The molecular weight excluding hydrogens is 202 g/mol. The van der Waals surface area contributed by atoms with Gasteiger partial charge in [-0.25, -0.2) is 4.68 Å². The molecule has 0 aliphatic rings. The van der Waals surface area contributed by atoms with Gasteiger partial charge in [0.15, 0.2) is 0 Å². The number of nitrogens with one attached hydrogen (secondary N) is 1. The molecule has 16 heavy (non-hydrogen) atoms. The summed E-state index contributed by atoms with van der Waals surface area (Å²) in [6.07, 6.45) is 1.36. The first kappa shape index (κ1) is 10.7. The van der Waals surface area contributed by atoms with Crippen molar-refractivity contribution in [2.45, 2.75) is 13.0 Å². The summed E-state index contributed by atoms with van der Waals surface area (Å²) in [5, 5.41) is 16.6. The van der Waals surface area contributed by atoms with E-state index in [1.165, 1.54) is 0 Å². The highest BCUT2D eigenvalue weighted by Gasteiger charge is 2.04. The Morgan fingerprint density at radius 3 is 2.75 bits per heavy atom. The van der Waals surface area contributed by atoms with Crippen LogP contribution in [0.15, 0.2) is 42.6 Å². The molecule has 0 amide bonds. The molecular formula is C12H15N3O. The summed E-state index contributed by atoms with van der Waals surface area (Å²) in [5.74, 6) is 0.882. The molecule has 0 aliphatic heterocycles. The lowest BCUT2D eigenvalue weighted by Gasteiger charge is -2.10. The molecule has 84 valence electrons. The van der Waals surface area contributed by atoms with Gasteiger partial charge < -0.3 is 10.4 Å². The van der Waals surface area contributed by atoms with Gasteiger partial charge in [0, 0.05) is 12.6 Å². The molecule has 0 radical (unpaired) electrons. The molecule has 1 aromatic carbocycles. The Bertz CT molecular complexity index is 437. The first-order chi connectivity index (χ1) is 7.77. The SMILES string of the molecule is CC(O)CNc1ccnn1-c1ccccc1. The van der Waals surface area contributed by atoms with Gasteiger partial charge in [-0.05, 0) is 19.1 Å². The van der Waals surface area contributed by atoms with Crippen LogP contribution in [-0.4, -0.2) is 27.5 Å². The monoisotopic (exact) mass is 217 g/mol. The number of nitrogens with zero attached hydrogens (tertiary/aromatic N) is 2. The van der Waals surface area contributed by atoms with Crippen molar-refractivity contribution in [1.29, 1.82) is 0 Å². The van der Waals surface area contributed by atoms with Crippen LogP contribution in [0.25, 0.3) is 5.69 Å². The van der Waals surface area contributed by atoms with Crippen LogP contribution < -0.4 is 5.32 Å². The van der Waals surface area contributed by atoms with Crippen molar-refractivity contribution in [3.05, 3.63) is 42.6 Å². The third kappa shape index (κ3) is 2.41. The number of anilines is 1. The fraction of sp³-hybridized carbons (Fsp3) is 0.250. The molecule has 0 fully saturated rings. The molecule has 0 saturated heterocycles. The fourth-order valence-electron chi connectivity index (χ4n) is 1.46. The van der Waals surface area contributed by atoms with Gasteiger partial charge in [0.05, 0.1) is 18.0 Å². The second-order valence-electron chi connectivity index (χ2n) is 3.69. The Morgan fingerprint density at radius 2 is 2.06 bits per heavy atom. The fourth-order valence-corrected chi connectivity index (χ4v) is 1.46. The van der Waals surface area contributed by atoms with E-state index in [1.54, 1.807) is 13.1 Å². The summed E-state index contributed by atoms with van der Waals surface area (Å²) < 4.78 is 1.81. The van der Waals surface area contributed by atoms with Gasteiger partial charge in [0.2, 0.25) is 0 Å². The van der Waals surface area contributed by atoms with Crippen LogP contribution in [0, 0.1) is 0 Å². The van der Waals surface area contributed by atoms with Crippen LogP contribution in [0.4, 0.5) is 5.82 Å². The van der Waals surface area contributed by atoms with E-state index in [1.807, 2.05) is 41.1 Å². The van der Waals surface area contributed by atoms with Gasteiger partial charge in [-0.1, -0.05) is 18.2 Å². The molecule has 4 nitrogen and oxygen atoms in total. The molecule has 4 heteroatoms. The summed E-state index contributed by atoms with van der Waals surface area (Å²) in [5.41, 5.74) is 1.00. The van der Waals surface area contributed by atoms with E-state index in [-0.39, 0.29) is 6.10 Å². The number of para-hydroxylation sites is 1. The summed E-state index contributed by atoms with van der Waals surface area (Å²) in [7, 11) is 0. The van der Waals surface area contributed by atoms with E-state index in [9.17, 15) is 5.11 Å². The van der Waals surface area contributed by atoms with E-state index in [2.05, 4.69) is 10.4 Å². The zero-order valence-electron chi connectivity index (χ0n) is 9.17. The van der Waals surface area contributed by atoms with Crippen LogP contribution in [0.3, 0.4) is 0 Å². The first-order valence-electron chi connectivity index (χ1n) is 5.29. The standard InChI is InChI=1S/C12H15N3O/c1-10(16)9-13-12-7-8-14-15(12)11-5-3-2-4-6-11/h2-8,10,13,16H,9H2,1H3. The van der Waals surface area contributed by atoms with E-state index in [0.29, 0.717) is 6.54 Å². The molecule has 2 aromatic rings. The van der Waals surface area contributed by atoms with Crippen molar-refractivity contribution >= 4 is 5.82 Å². The summed E-state index contributed by atoms with van der Waals surface area (Å²) in [6.45, 7) is 2.26. The largest absolute Gasteiger partial charge is 0.392 e. The summed E-state index contributed by atoms with van der Waals surface area (Å²) in [6, 6.07) is 11.8. The molecule has 1 aromatic heterocycles. The maximum atomic E-state index is 9.22. The highest BCUT2D eigenvalue weighted by molar-refractivity contribution is 5.44. The first-order valence-corrected chi connectivity index (χ1v) is 5.29. The topological polar surface area (TPSA) is 50.1 Å². The molecule has 0 saturated carbocycles. The van der Waals surface area contributed by atoms with Gasteiger partial charge in [0.25, 0.3) is 0 Å². The van der Waals surface area contributed by atoms with Gasteiger partial charge in [-0.2, -0.15) is 5.10 Å². The second-order valence-corrected chi connectivity index (χ2v) is 3.69. The van der Waals surface area contributed by atoms with Crippen LogP contribution in [0.1, 0.15) is 6.92 Å². The third-order valence-corrected chi connectivity index (χ3v) is 2.22. The Hall–Kier alpha value is -1.81. The minimum atomic E-state index is -0.376. The van der Waals surface area contributed by atoms with Crippen LogP contribution in [0.5, 0.6) is 0 Å². The summed E-state index contributed by atoms with van der Waals surface area (Å²) in [4.78, 5) is 0. The number of rotatable bonds is 4. The van der Waals surface area contributed by atoms with Crippen molar-refractivity contribution in [2.75, 3.05) is 11.9 Å². The number of aliphatic hydroxyl groups excluding tert-OH is 1. The van der Waals surface area contributed by atoms with Crippen LogP contribution in [-0.2, 0) is 0 Å². The molecule has 0 bridgehead atoms. The maximum absolute atomic E-state index is 9.22. The molecule has 1 heterocycles. The van der Waals surface area contributed by atoms with Crippen LogP contribution >= 0.6 is 0 Å². The van der Waals surface area contributed by atoms with Crippen LogP contribution in [0.2, 0.25) is 0 Å². The van der Waals surface area contributed by atoms with Gasteiger partial charge in [-0.3, -0.25) is 0 Å². The third-order valence-electron chi connectivity index (χ3n) is 2.22. The van der Waals surface area contributed by atoms with E-state index in [0.717, 1.165) is 11.5 Å². The Balaban J connectivity index is 2.19. The number of hydrogen-bond acceptors (Lipinski definition) is 3. The number of hydrogen-bond donors (Lipinski definition) is 2. The normalized spacial score (nSPS) is 12.4. The van der Waals surface area contributed by atoms with Gasteiger partial charge in [0.1, 0.15) is 5.82 Å². The molecule has 1 atom stereocenters. The minimum absolute atomic E-state index is 0.376. The lowest BCUT2D eigenvalue weighted by atomic mass is 10.3. The number of aromatic nitrogens is 2. The van der Waals surface area contributed by atoms with Crippen molar-refractivity contribution in [1.82, 2.24) is 9.78 Å². The van der Waals surface area contributed by atoms with Gasteiger partial charge >= 0.3 is 0 Å². The Labute approximate surface area is 94.5 Å². The maximum Gasteiger partial charge on any atom is 0.129 e. The average Bonchev–Trinajstić information content (AvgIpc) is 2.75. The zero-order chi connectivity index (χ0) is 11.4. The zero-order valence-corrected chi connectivity index (χ0v) is 9.17. The predicted molar refractivity (Wildman–Crippen MR) is 63.7 cm³/mol. The molecule has 1 unspecified atom stereocenters. The quantitative estimate of drug-likeness (QED) is 0.819. The van der Waals surface area contributed by atoms with Gasteiger partial charge in [-0.15, -0.1) is 0 Å². The number of aliphatic hydroxyl groups is 1. The molecule has 2 rings (SSSR count). The predicted octanol–water partition coefficient (Wildman–Crippen LogP) is 1.66. The highest BCUT2D eigenvalue weighted by Crippen LogP contribution is 2.13. The Kier molecular flexibility index (Phi) is 3.22. The minimum Gasteiger partial charge on any atom is -0.392 e. The van der Waals surface area contributed by atoms with Crippen molar-refractivity contribution < 1.29 is 5.11 Å².